The van der Waals surface area contributed by atoms with Crippen molar-refractivity contribution in [2.24, 2.45) is 10.4 Å². The molecule has 0 radical (unpaired) electrons. The molecule has 2 rings (SSSR count). The van der Waals surface area contributed by atoms with E-state index in [2.05, 4.69) is 15.6 Å². The molecule has 0 spiro atoms. The number of aryl methyl sites for hydroxylation is 1. The van der Waals surface area contributed by atoms with Gasteiger partial charge < -0.3 is 15.4 Å². The summed E-state index contributed by atoms with van der Waals surface area (Å²) < 4.78 is 5.28. The number of hydrogen-bond acceptors (Lipinski definition) is 5. The Morgan fingerprint density at radius 1 is 1.13 bits per heavy atom. The Morgan fingerprint density at radius 3 is 2.40 bits per heavy atom. The summed E-state index contributed by atoms with van der Waals surface area (Å²) in [5.41, 5.74) is 1.75. The molecule has 7 heteroatoms. The summed E-state index contributed by atoms with van der Waals surface area (Å²) in [7, 11) is 1.49. The number of nitrogens with zero attached hydrogens (tertiary/aromatic N) is 1. The zero-order valence-corrected chi connectivity index (χ0v) is 19.0. The van der Waals surface area contributed by atoms with Crippen LogP contribution in [0.2, 0.25) is 5.02 Å². The van der Waals surface area contributed by atoms with Gasteiger partial charge in [-0.15, -0.1) is 0 Å². The quantitative estimate of drug-likeness (QED) is 0.455. The number of rotatable bonds is 7. The summed E-state index contributed by atoms with van der Waals surface area (Å²) in [5.74, 6) is -0.553. The van der Waals surface area contributed by atoms with Gasteiger partial charge in [-0.05, 0) is 55.8 Å². The maximum Gasteiger partial charge on any atom is 0.278 e. The van der Waals surface area contributed by atoms with Crippen LogP contribution in [0.5, 0.6) is 5.75 Å². The van der Waals surface area contributed by atoms with Crippen LogP contribution in [-0.4, -0.2) is 31.1 Å². The third kappa shape index (κ3) is 5.83. The number of methoxy groups -OCH3 is 1. The molecule has 6 nitrogen and oxygen atoms in total. The van der Waals surface area contributed by atoms with Gasteiger partial charge in [0.05, 0.1) is 18.5 Å². The largest absolute Gasteiger partial charge is 0.495 e. The van der Waals surface area contributed by atoms with Crippen LogP contribution < -0.4 is 15.4 Å². The maximum absolute atomic E-state index is 13.1. The SMILES string of the molecule is CCNc1ccc(N=C(C(=O)Nc2cc(Cl)ccc2OC)C(=O)C(C)(C)C)c(C)c1. The summed E-state index contributed by atoms with van der Waals surface area (Å²) in [6.07, 6.45) is 0. The van der Waals surface area contributed by atoms with Crippen molar-refractivity contribution in [3.8, 4) is 5.75 Å². The topological polar surface area (TPSA) is 79.8 Å². The first kappa shape index (κ1) is 23.4. The molecule has 0 atom stereocenters. The van der Waals surface area contributed by atoms with Gasteiger partial charge in [0.15, 0.2) is 11.5 Å². The molecule has 0 bridgehead atoms. The van der Waals surface area contributed by atoms with Crippen LogP contribution in [0.1, 0.15) is 33.3 Å². The van der Waals surface area contributed by atoms with Crippen LogP contribution in [0.25, 0.3) is 0 Å². The summed E-state index contributed by atoms with van der Waals surface area (Å²) in [4.78, 5) is 30.6. The second-order valence-electron chi connectivity index (χ2n) is 7.87. The van der Waals surface area contributed by atoms with Crippen LogP contribution in [0.4, 0.5) is 17.1 Å². The minimum atomic E-state index is -0.786. The van der Waals surface area contributed by atoms with Crippen LogP contribution >= 0.6 is 11.6 Å². The first-order valence-corrected chi connectivity index (χ1v) is 10.1. The first-order chi connectivity index (χ1) is 14.1. The van der Waals surface area contributed by atoms with E-state index in [0.29, 0.717) is 22.1 Å². The van der Waals surface area contributed by atoms with Crippen LogP contribution in [-0.2, 0) is 9.59 Å². The second kappa shape index (κ2) is 9.76. The Hall–Kier alpha value is -2.86. The molecule has 0 aliphatic rings. The van der Waals surface area contributed by atoms with Crippen LogP contribution in [0, 0.1) is 12.3 Å². The molecule has 1 amide bonds. The van der Waals surface area contributed by atoms with Crippen LogP contribution in [0.3, 0.4) is 0 Å². The van der Waals surface area contributed by atoms with Gasteiger partial charge in [-0.25, -0.2) is 4.99 Å². The van der Waals surface area contributed by atoms with E-state index in [1.54, 1.807) is 45.0 Å². The fraction of sp³-hybridized carbons (Fsp3) is 0.348. The molecule has 2 aromatic rings. The highest BCUT2D eigenvalue weighted by Gasteiger charge is 2.31. The molecule has 2 aromatic carbocycles. The standard InChI is InChI=1S/C23H28ClN3O3/c1-7-25-16-9-10-17(14(2)12-16)26-20(21(28)23(3,4)5)22(29)27-18-13-15(24)8-11-19(18)30-6/h8-13,25H,7H2,1-6H3,(H,27,29). The number of ketones is 1. The number of anilines is 2. The van der Waals surface area contributed by atoms with Gasteiger partial charge in [0, 0.05) is 22.7 Å². The zero-order valence-electron chi connectivity index (χ0n) is 18.2. The number of carbonyl (C=O) groups is 2. The number of nitrogens with one attached hydrogen (secondary N) is 2. The molecule has 0 fully saturated rings. The molecular weight excluding hydrogens is 402 g/mol. The normalized spacial score (nSPS) is 11.8. The highest BCUT2D eigenvalue weighted by Crippen LogP contribution is 2.29. The van der Waals surface area contributed by atoms with Gasteiger partial charge in [-0.2, -0.15) is 0 Å². The molecule has 0 heterocycles. The van der Waals surface area contributed by atoms with E-state index in [0.717, 1.165) is 17.8 Å². The second-order valence-corrected chi connectivity index (χ2v) is 8.31. The average molecular weight is 430 g/mol. The average Bonchev–Trinajstić information content (AvgIpc) is 2.66. The number of aliphatic imine (C=N–C) groups is 1. The summed E-state index contributed by atoms with van der Waals surface area (Å²) in [5, 5.41) is 6.37. The van der Waals surface area contributed by atoms with Crippen molar-refractivity contribution in [1.82, 2.24) is 0 Å². The van der Waals surface area contributed by atoms with Crippen molar-refractivity contribution in [2.75, 3.05) is 24.3 Å². The van der Waals surface area contributed by atoms with Gasteiger partial charge in [0.2, 0.25) is 0 Å². The molecule has 0 unspecified atom stereocenters. The van der Waals surface area contributed by atoms with Crippen molar-refractivity contribution in [1.29, 1.82) is 0 Å². The lowest BCUT2D eigenvalue weighted by Crippen LogP contribution is -2.37. The maximum atomic E-state index is 13.1. The first-order valence-electron chi connectivity index (χ1n) is 9.69. The smallest absolute Gasteiger partial charge is 0.278 e. The zero-order chi connectivity index (χ0) is 22.5. The van der Waals surface area contributed by atoms with Gasteiger partial charge in [0.25, 0.3) is 5.91 Å². The Morgan fingerprint density at radius 2 is 1.83 bits per heavy atom. The molecule has 0 saturated carbocycles. The van der Waals surface area contributed by atoms with E-state index in [1.165, 1.54) is 7.11 Å². The lowest BCUT2D eigenvalue weighted by atomic mass is 9.87. The predicted molar refractivity (Wildman–Crippen MR) is 124 cm³/mol. The molecule has 160 valence electrons. The molecular formula is C23H28ClN3O3. The van der Waals surface area contributed by atoms with Crippen molar-refractivity contribution in [3.05, 3.63) is 47.0 Å². The van der Waals surface area contributed by atoms with Crippen molar-refractivity contribution in [2.45, 2.75) is 34.6 Å². The Kier molecular flexibility index (Phi) is 7.62. The Bertz CT molecular complexity index is 978. The Labute approximate surface area is 182 Å². The minimum absolute atomic E-state index is 0.177. The lowest BCUT2D eigenvalue weighted by molar-refractivity contribution is -0.121. The van der Waals surface area contributed by atoms with Crippen molar-refractivity contribution < 1.29 is 14.3 Å². The summed E-state index contributed by atoms with van der Waals surface area (Å²) in [6.45, 7) is 9.93. The van der Waals surface area contributed by atoms with Gasteiger partial charge in [0.1, 0.15) is 5.75 Å². The van der Waals surface area contributed by atoms with E-state index < -0.39 is 11.3 Å². The number of hydrogen-bond donors (Lipinski definition) is 2. The Balaban J connectivity index is 2.48. The van der Waals surface area contributed by atoms with Gasteiger partial charge in [-0.1, -0.05) is 32.4 Å². The monoisotopic (exact) mass is 429 g/mol. The third-order valence-corrected chi connectivity index (χ3v) is 4.57. The van der Waals surface area contributed by atoms with Crippen molar-refractivity contribution in [3.63, 3.8) is 0 Å². The number of benzene rings is 2. The van der Waals surface area contributed by atoms with Gasteiger partial charge in [-0.3, -0.25) is 9.59 Å². The molecule has 0 saturated heterocycles. The van der Waals surface area contributed by atoms with E-state index in [-0.39, 0.29) is 11.5 Å². The summed E-state index contributed by atoms with van der Waals surface area (Å²) in [6, 6.07) is 10.4. The van der Waals surface area contributed by atoms with E-state index in [9.17, 15) is 9.59 Å². The number of carbonyl (C=O) groups excluding carboxylic acids is 2. The number of Topliss-reactive ketones (excluding diaryl/α,β-unsaturated/α-hetero) is 1. The van der Waals surface area contributed by atoms with E-state index in [4.69, 9.17) is 16.3 Å². The predicted octanol–water partition coefficient (Wildman–Crippen LogP) is 5.42. The molecule has 0 aromatic heterocycles. The highest BCUT2D eigenvalue weighted by molar-refractivity contribution is 6.68. The van der Waals surface area contributed by atoms with Crippen molar-refractivity contribution >= 4 is 46.1 Å². The number of amides is 1. The number of halogens is 1. The molecule has 0 aliphatic carbocycles. The summed E-state index contributed by atoms with van der Waals surface area (Å²) >= 11 is 6.05. The molecule has 2 N–H and O–H groups in total. The highest BCUT2D eigenvalue weighted by atomic mass is 35.5. The van der Waals surface area contributed by atoms with Crippen LogP contribution in [0.15, 0.2) is 41.4 Å². The third-order valence-electron chi connectivity index (χ3n) is 4.33. The van der Waals surface area contributed by atoms with E-state index in [1.807, 2.05) is 26.0 Å². The number of ether oxygens (including phenoxy) is 1. The molecule has 0 aliphatic heterocycles. The fourth-order valence-corrected chi connectivity index (χ4v) is 2.91. The fourth-order valence-electron chi connectivity index (χ4n) is 2.73. The lowest BCUT2D eigenvalue weighted by Gasteiger charge is -2.19. The van der Waals surface area contributed by atoms with E-state index >= 15 is 0 Å². The van der Waals surface area contributed by atoms with Gasteiger partial charge >= 0.3 is 0 Å². The molecule has 30 heavy (non-hydrogen) atoms. The minimum Gasteiger partial charge on any atom is -0.495 e.